The van der Waals surface area contributed by atoms with Crippen LogP contribution in [0.1, 0.15) is 51.7 Å². The second kappa shape index (κ2) is 12.2. The van der Waals surface area contributed by atoms with E-state index in [9.17, 15) is 0 Å². The van der Waals surface area contributed by atoms with Gasteiger partial charge in [0.1, 0.15) is 12.4 Å². The van der Waals surface area contributed by atoms with Gasteiger partial charge in [-0.1, -0.05) is 32.9 Å². The number of benzene rings is 1. The summed E-state index contributed by atoms with van der Waals surface area (Å²) in [6.07, 6.45) is 2.57. The van der Waals surface area contributed by atoms with Crippen molar-refractivity contribution in [3.63, 3.8) is 0 Å². The topological polar surface area (TPSA) is 64.1 Å². The van der Waals surface area contributed by atoms with Crippen LogP contribution < -0.4 is 15.4 Å². The van der Waals surface area contributed by atoms with E-state index in [1.165, 1.54) is 12.0 Å². The maximum Gasteiger partial charge on any atom is 0.191 e. The predicted molar refractivity (Wildman–Crippen MR) is 123 cm³/mol. The van der Waals surface area contributed by atoms with E-state index in [0.717, 1.165) is 43.4 Å². The predicted octanol–water partition coefficient (Wildman–Crippen LogP) is 3.92. The summed E-state index contributed by atoms with van der Waals surface area (Å²) >= 11 is 0. The Morgan fingerprint density at radius 3 is 2.73 bits per heavy atom. The summed E-state index contributed by atoms with van der Waals surface area (Å²) < 4.78 is 17.1. The zero-order valence-electron chi connectivity index (χ0n) is 19.7. The molecule has 1 aromatic carbocycles. The second-order valence-corrected chi connectivity index (χ2v) is 9.09. The molecule has 170 valence electrons. The summed E-state index contributed by atoms with van der Waals surface area (Å²) in [5.41, 5.74) is 2.38. The van der Waals surface area contributed by atoms with Crippen molar-refractivity contribution in [2.24, 2.45) is 16.3 Å². The lowest BCUT2D eigenvalue weighted by atomic mass is 9.78. The minimum Gasteiger partial charge on any atom is -0.491 e. The van der Waals surface area contributed by atoms with Gasteiger partial charge in [-0.3, -0.25) is 0 Å². The highest BCUT2D eigenvalue weighted by Crippen LogP contribution is 2.33. The van der Waals surface area contributed by atoms with Crippen LogP contribution in [0.2, 0.25) is 0 Å². The maximum atomic E-state index is 6.12. The summed E-state index contributed by atoms with van der Waals surface area (Å²) in [5, 5.41) is 6.91. The van der Waals surface area contributed by atoms with E-state index in [0.29, 0.717) is 25.7 Å². The van der Waals surface area contributed by atoms with E-state index >= 15 is 0 Å². The highest BCUT2D eigenvalue weighted by atomic mass is 16.5. The first-order valence-corrected chi connectivity index (χ1v) is 11.2. The highest BCUT2D eigenvalue weighted by Gasteiger charge is 2.35. The van der Waals surface area contributed by atoms with Crippen LogP contribution in [-0.4, -0.2) is 52.1 Å². The van der Waals surface area contributed by atoms with Crippen molar-refractivity contribution >= 4 is 5.96 Å². The Morgan fingerprint density at radius 1 is 1.23 bits per heavy atom. The second-order valence-electron chi connectivity index (χ2n) is 9.09. The van der Waals surface area contributed by atoms with E-state index in [1.807, 2.05) is 0 Å². The van der Waals surface area contributed by atoms with Crippen LogP contribution in [0.5, 0.6) is 5.75 Å². The molecule has 2 N–H and O–H groups in total. The molecular weight excluding hydrogens is 378 g/mol. The van der Waals surface area contributed by atoms with Gasteiger partial charge in [0.25, 0.3) is 0 Å². The molecule has 2 atom stereocenters. The fourth-order valence-corrected chi connectivity index (χ4v) is 3.90. The molecule has 0 aliphatic carbocycles. The van der Waals surface area contributed by atoms with Gasteiger partial charge >= 0.3 is 0 Å². The van der Waals surface area contributed by atoms with Gasteiger partial charge in [-0.05, 0) is 43.7 Å². The number of guanidine groups is 1. The maximum absolute atomic E-state index is 6.12. The number of aryl methyl sites for hydroxylation is 1. The van der Waals surface area contributed by atoms with E-state index in [2.05, 4.69) is 63.5 Å². The number of hydrogen-bond acceptors (Lipinski definition) is 4. The van der Waals surface area contributed by atoms with Crippen molar-refractivity contribution in [3.05, 3.63) is 29.3 Å². The fraction of sp³-hybridized carbons (Fsp3) is 0.708. The molecule has 0 saturated carbocycles. The Hall–Kier alpha value is -1.79. The van der Waals surface area contributed by atoms with Crippen LogP contribution in [-0.2, 0) is 16.0 Å². The third-order valence-corrected chi connectivity index (χ3v) is 5.35. The Bertz CT molecular complexity index is 670. The largest absolute Gasteiger partial charge is 0.491 e. The van der Waals surface area contributed by atoms with Crippen molar-refractivity contribution < 1.29 is 14.2 Å². The lowest BCUT2D eigenvalue weighted by Gasteiger charge is -2.40. The first-order valence-electron chi connectivity index (χ1n) is 11.2. The average molecular weight is 420 g/mol. The molecule has 1 saturated heterocycles. The standard InChI is InChI=1S/C24H41N3O3/c1-7-25-23(27-17-20-9-8-12-30-22(20)24(3,4)5)26-16-19-11-10-18(2)15-21(19)29-14-13-28-6/h10-11,15,20,22H,7-9,12-14,16-17H2,1-6H3,(H2,25,26,27). The lowest BCUT2D eigenvalue weighted by Crippen LogP contribution is -2.47. The van der Waals surface area contributed by atoms with Gasteiger partial charge in [-0.15, -0.1) is 0 Å². The van der Waals surface area contributed by atoms with E-state index in [4.69, 9.17) is 19.2 Å². The normalized spacial score (nSPS) is 20.1. The van der Waals surface area contributed by atoms with E-state index < -0.39 is 0 Å². The molecule has 1 heterocycles. The smallest absolute Gasteiger partial charge is 0.191 e. The summed E-state index contributed by atoms with van der Waals surface area (Å²) in [7, 11) is 1.68. The number of nitrogens with zero attached hydrogens (tertiary/aromatic N) is 1. The van der Waals surface area contributed by atoms with Crippen molar-refractivity contribution in [1.82, 2.24) is 10.6 Å². The zero-order valence-corrected chi connectivity index (χ0v) is 19.7. The summed E-state index contributed by atoms with van der Waals surface area (Å²) in [6.45, 7) is 15.1. The van der Waals surface area contributed by atoms with Gasteiger partial charge in [0.05, 0.1) is 19.3 Å². The number of ether oxygens (including phenoxy) is 3. The quantitative estimate of drug-likeness (QED) is 0.361. The van der Waals surface area contributed by atoms with Crippen molar-refractivity contribution in [2.75, 3.05) is 40.0 Å². The van der Waals surface area contributed by atoms with Gasteiger partial charge < -0.3 is 24.8 Å². The molecule has 2 unspecified atom stereocenters. The zero-order chi connectivity index (χ0) is 22.0. The molecule has 2 rings (SSSR count). The molecule has 1 aromatic rings. The molecule has 0 spiro atoms. The summed E-state index contributed by atoms with van der Waals surface area (Å²) in [5.74, 6) is 2.19. The van der Waals surface area contributed by atoms with Crippen LogP contribution in [0.4, 0.5) is 0 Å². The molecule has 0 amide bonds. The van der Waals surface area contributed by atoms with Crippen LogP contribution in [0.25, 0.3) is 0 Å². The average Bonchev–Trinajstić information content (AvgIpc) is 2.71. The molecule has 1 aliphatic heterocycles. The number of aliphatic imine (C=N–C) groups is 1. The highest BCUT2D eigenvalue weighted by molar-refractivity contribution is 5.79. The molecule has 30 heavy (non-hydrogen) atoms. The van der Waals surface area contributed by atoms with E-state index in [-0.39, 0.29) is 11.5 Å². The molecule has 0 aromatic heterocycles. The Balaban J connectivity index is 2.03. The van der Waals surface area contributed by atoms with Crippen molar-refractivity contribution in [3.8, 4) is 5.75 Å². The number of rotatable bonds is 9. The number of methoxy groups -OCH3 is 1. The molecular formula is C24H41N3O3. The van der Waals surface area contributed by atoms with Crippen LogP contribution in [0, 0.1) is 18.3 Å². The molecule has 0 bridgehead atoms. The van der Waals surface area contributed by atoms with Crippen molar-refractivity contribution in [1.29, 1.82) is 0 Å². The van der Waals surface area contributed by atoms with Gasteiger partial charge in [0.2, 0.25) is 0 Å². The van der Waals surface area contributed by atoms with Gasteiger partial charge in [0, 0.05) is 38.3 Å². The summed E-state index contributed by atoms with van der Waals surface area (Å²) in [4.78, 5) is 4.82. The Labute approximate surface area is 182 Å². The van der Waals surface area contributed by atoms with Gasteiger partial charge in [0.15, 0.2) is 5.96 Å². The third kappa shape index (κ3) is 7.80. The third-order valence-electron chi connectivity index (χ3n) is 5.35. The number of hydrogen-bond donors (Lipinski definition) is 2. The first kappa shape index (κ1) is 24.5. The Kier molecular flexibility index (Phi) is 9.92. The molecule has 6 nitrogen and oxygen atoms in total. The SMILES string of the molecule is CCNC(=NCc1ccc(C)cc1OCCOC)NCC1CCCOC1C(C)(C)C. The fourth-order valence-electron chi connectivity index (χ4n) is 3.90. The molecule has 1 fully saturated rings. The molecule has 6 heteroatoms. The molecule has 1 aliphatic rings. The number of nitrogens with one attached hydrogen (secondary N) is 2. The lowest BCUT2D eigenvalue weighted by molar-refractivity contribution is -0.0835. The van der Waals surface area contributed by atoms with E-state index in [1.54, 1.807) is 7.11 Å². The van der Waals surface area contributed by atoms with Crippen LogP contribution in [0.15, 0.2) is 23.2 Å². The first-order chi connectivity index (χ1) is 14.3. The Morgan fingerprint density at radius 2 is 2.03 bits per heavy atom. The summed E-state index contributed by atoms with van der Waals surface area (Å²) in [6, 6.07) is 6.25. The minimum absolute atomic E-state index is 0.137. The van der Waals surface area contributed by atoms with Gasteiger partial charge in [-0.25, -0.2) is 4.99 Å². The van der Waals surface area contributed by atoms with Crippen molar-refractivity contribution in [2.45, 2.75) is 60.1 Å². The minimum atomic E-state index is 0.137. The molecule has 0 radical (unpaired) electrons. The van der Waals surface area contributed by atoms with Crippen LogP contribution in [0.3, 0.4) is 0 Å². The monoisotopic (exact) mass is 419 g/mol. The van der Waals surface area contributed by atoms with Gasteiger partial charge in [-0.2, -0.15) is 0 Å². The van der Waals surface area contributed by atoms with Crippen LogP contribution >= 0.6 is 0 Å².